The van der Waals surface area contributed by atoms with E-state index in [4.69, 9.17) is 9.47 Å². The van der Waals surface area contributed by atoms with Crippen LogP contribution in [0.5, 0.6) is 11.5 Å². The Kier molecular flexibility index (Phi) is 29.5. The van der Waals surface area contributed by atoms with E-state index in [1.807, 2.05) is 60.3 Å². The molecule has 0 aliphatic rings. The second kappa shape index (κ2) is 33.4. The van der Waals surface area contributed by atoms with Crippen molar-refractivity contribution in [1.82, 2.24) is 0 Å². The fourth-order valence-electron chi connectivity index (χ4n) is 6.67. The third-order valence-corrected chi connectivity index (χ3v) is 11.2. The van der Waals surface area contributed by atoms with Gasteiger partial charge < -0.3 is 9.47 Å². The lowest BCUT2D eigenvalue weighted by atomic mass is 10.0. The summed E-state index contributed by atoms with van der Waals surface area (Å²) >= 11 is 1.83. The van der Waals surface area contributed by atoms with Gasteiger partial charge in [-0.25, -0.2) is 0 Å². The third kappa shape index (κ3) is 24.2. The van der Waals surface area contributed by atoms with E-state index in [1.54, 1.807) is 6.08 Å². The van der Waals surface area contributed by atoms with Crippen molar-refractivity contribution in [2.45, 2.75) is 199 Å². The number of ether oxygens (including phenoxy) is 2. The molecule has 0 aromatic heterocycles. The van der Waals surface area contributed by atoms with Gasteiger partial charge in [-0.2, -0.15) is 0 Å². The van der Waals surface area contributed by atoms with Crippen LogP contribution in [-0.2, 0) is 0 Å². The van der Waals surface area contributed by atoms with Crippen molar-refractivity contribution in [3.63, 3.8) is 0 Å². The predicted octanol–water partition coefficient (Wildman–Crippen LogP) is 16.0. The van der Waals surface area contributed by atoms with E-state index in [2.05, 4.69) is 20.8 Å². The molecule has 2 aromatic carbocycles. The Morgan fingerprint density at radius 2 is 0.923 bits per heavy atom. The Morgan fingerprint density at radius 3 is 1.37 bits per heavy atom. The highest BCUT2D eigenvalue weighted by molar-refractivity contribution is 7.99. The molecule has 0 spiro atoms. The molecule has 0 saturated carbocycles. The zero-order chi connectivity index (χ0) is 37.2. The van der Waals surface area contributed by atoms with Gasteiger partial charge in [0.15, 0.2) is 17.3 Å². The van der Waals surface area contributed by atoms with Crippen molar-refractivity contribution < 1.29 is 14.3 Å². The standard InChI is InChI=1S/C48H78O3S/c1-4-7-9-11-13-15-17-19-21-23-25-27-29-39-50-47-38-32-43(31-37-46(49)44-33-35-45(36-34-44)52-41-6-3)42-48(47)51-40-30-28-26-24-22-20-18-16-14-12-10-8-5-2/h31-38,42H,4-30,39-41H2,1-3H3/b37-31+. The summed E-state index contributed by atoms with van der Waals surface area (Å²) in [4.78, 5) is 14.1. The van der Waals surface area contributed by atoms with Crippen molar-refractivity contribution in [3.8, 4) is 11.5 Å². The molecule has 0 radical (unpaired) electrons. The molecule has 0 bridgehead atoms. The first kappa shape index (κ1) is 46.0. The average molecular weight is 735 g/mol. The third-order valence-electron chi connectivity index (χ3n) is 10.0. The molecule has 0 aliphatic carbocycles. The predicted molar refractivity (Wildman–Crippen MR) is 230 cm³/mol. The maximum absolute atomic E-state index is 12.9. The molecule has 2 aromatic rings. The maximum Gasteiger partial charge on any atom is 0.185 e. The average Bonchev–Trinajstić information content (AvgIpc) is 3.17. The first-order valence-corrected chi connectivity index (χ1v) is 23.0. The van der Waals surface area contributed by atoms with Crippen LogP contribution in [0, 0.1) is 0 Å². The summed E-state index contributed by atoms with van der Waals surface area (Å²) in [5.41, 5.74) is 1.67. The van der Waals surface area contributed by atoms with Gasteiger partial charge in [-0.3, -0.25) is 4.79 Å². The molecule has 0 heterocycles. The number of hydrogen-bond acceptors (Lipinski definition) is 4. The normalized spacial score (nSPS) is 11.4. The summed E-state index contributed by atoms with van der Waals surface area (Å²) in [6, 6.07) is 14.1. The van der Waals surface area contributed by atoms with Crippen LogP contribution in [-0.4, -0.2) is 24.7 Å². The molecular weight excluding hydrogens is 657 g/mol. The molecule has 0 fully saturated rings. The second-order valence-electron chi connectivity index (χ2n) is 15.0. The molecule has 0 amide bonds. The smallest absolute Gasteiger partial charge is 0.185 e. The van der Waals surface area contributed by atoms with E-state index in [1.165, 1.54) is 159 Å². The molecule has 3 nitrogen and oxygen atoms in total. The molecule has 294 valence electrons. The van der Waals surface area contributed by atoms with Crippen molar-refractivity contribution in [2.75, 3.05) is 19.0 Å². The van der Waals surface area contributed by atoms with Crippen LogP contribution in [0.3, 0.4) is 0 Å². The van der Waals surface area contributed by atoms with E-state index in [-0.39, 0.29) is 5.78 Å². The number of hydrogen-bond donors (Lipinski definition) is 0. The highest BCUT2D eigenvalue weighted by Crippen LogP contribution is 2.30. The van der Waals surface area contributed by atoms with Crippen LogP contribution in [0.15, 0.2) is 53.4 Å². The number of thioether (sulfide) groups is 1. The number of rotatable bonds is 36. The molecule has 0 saturated heterocycles. The van der Waals surface area contributed by atoms with Crippen LogP contribution >= 0.6 is 11.8 Å². The lowest BCUT2D eigenvalue weighted by molar-refractivity contribution is 0.104. The molecule has 0 aliphatic heterocycles. The molecule has 52 heavy (non-hydrogen) atoms. The molecule has 4 heteroatoms. The zero-order valence-corrected chi connectivity index (χ0v) is 34.9. The second-order valence-corrected chi connectivity index (χ2v) is 16.1. The van der Waals surface area contributed by atoms with E-state index < -0.39 is 0 Å². The Balaban J connectivity index is 1.76. The van der Waals surface area contributed by atoms with E-state index in [0.717, 1.165) is 42.1 Å². The van der Waals surface area contributed by atoms with Crippen LogP contribution in [0.1, 0.15) is 210 Å². The van der Waals surface area contributed by atoms with Gasteiger partial charge >= 0.3 is 0 Å². The fraction of sp³-hybridized carbons (Fsp3) is 0.688. The number of allylic oxidation sites excluding steroid dienone is 1. The van der Waals surface area contributed by atoms with E-state index in [0.29, 0.717) is 18.8 Å². The highest BCUT2D eigenvalue weighted by Gasteiger charge is 2.08. The van der Waals surface area contributed by atoms with Gasteiger partial charge in [0, 0.05) is 10.5 Å². The topological polar surface area (TPSA) is 35.5 Å². The SMILES string of the molecule is CCCCCCCCCCCCCCCOc1ccc(/C=C/C(=O)c2ccc(SCCC)cc2)cc1OCCCCCCCCCCCCCCC. The fourth-order valence-corrected chi connectivity index (χ4v) is 7.44. The minimum Gasteiger partial charge on any atom is -0.490 e. The van der Waals surface area contributed by atoms with Crippen molar-refractivity contribution >= 4 is 23.6 Å². The van der Waals surface area contributed by atoms with Gasteiger partial charge in [0.25, 0.3) is 0 Å². The molecule has 2 rings (SSSR count). The van der Waals surface area contributed by atoms with Gasteiger partial charge in [-0.15, -0.1) is 11.8 Å². The summed E-state index contributed by atoms with van der Waals surface area (Å²) in [5, 5.41) is 0. The largest absolute Gasteiger partial charge is 0.490 e. The highest BCUT2D eigenvalue weighted by atomic mass is 32.2. The minimum absolute atomic E-state index is 0.0178. The first-order valence-electron chi connectivity index (χ1n) is 22.0. The number of benzene rings is 2. The van der Waals surface area contributed by atoms with Gasteiger partial charge in [-0.05, 0) is 73.1 Å². The monoisotopic (exact) mass is 735 g/mol. The van der Waals surface area contributed by atoms with Gasteiger partial charge in [-0.1, -0.05) is 187 Å². The van der Waals surface area contributed by atoms with Crippen LogP contribution < -0.4 is 9.47 Å². The Morgan fingerprint density at radius 1 is 0.500 bits per heavy atom. The van der Waals surface area contributed by atoms with E-state index >= 15 is 0 Å². The maximum atomic E-state index is 12.9. The number of ketones is 1. The Labute approximate surface area is 325 Å². The Hall–Kier alpha value is -2.20. The van der Waals surface area contributed by atoms with E-state index in [9.17, 15) is 4.79 Å². The van der Waals surface area contributed by atoms with Crippen LogP contribution in [0.4, 0.5) is 0 Å². The van der Waals surface area contributed by atoms with Crippen molar-refractivity contribution in [2.24, 2.45) is 0 Å². The lowest BCUT2D eigenvalue weighted by Gasteiger charge is -2.14. The van der Waals surface area contributed by atoms with Gasteiger partial charge in [0.05, 0.1) is 13.2 Å². The molecule has 0 unspecified atom stereocenters. The van der Waals surface area contributed by atoms with Gasteiger partial charge in [0.2, 0.25) is 0 Å². The summed E-state index contributed by atoms with van der Waals surface area (Å²) in [5.74, 6) is 2.72. The van der Waals surface area contributed by atoms with Crippen molar-refractivity contribution in [1.29, 1.82) is 0 Å². The van der Waals surface area contributed by atoms with Crippen LogP contribution in [0.2, 0.25) is 0 Å². The van der Waals surface area contributed by atoms with Crippen molar-refractivity contribution in [3.05, 3.63) is 59.7 Å². The van der Waals surface area contributed by atoms with Gasteiger partial charge in [0.1, 0.15) is 0 Å². The number of carbonyl (C=O) groups is 1. The first-order chi connectivity index (χ1) is 25.7. The lowest BCUT2D eigenvalue weighted by Crippen LogP contribution is -2.03. The Bertz CT molecular complexity index is 1140. The number of carbonyl (C=O) groups excluding carboxylic acids is 1. The van der Waals surface area contributed by atoms with Crippen LogP contribution in [0.25, 0.3) is 6.08 Å². The minimum atomic E-state index is 0.0178. The molecular formula is C48H78O3S. The molecule has 0 atom stereocenters. The molecule has 0 N–H and O–H groups in total. The number of unbranched alkanes of at least 4 members (excludes halogenated alkanes) is 24. The summed E-state index contributed by atoms with van der Waals surface area (Å²) in [6.07, 6.45) is 39.6. The summed E-state index contributed by atoms with van der Waals surface area (Å²) in [7, 11) is 0. The summed E-state index contributed by atoms with van der Waals surface area (Å²) < 4.78 is 12.6. The summed E-state index contributed by atoms with van der Waals surface area (Å²) in [6.45, 7) is 8.17. The quantitative estimate of drug-likeness (QED) is 0.0302. The zero-order valence-electron chi connectivity index (χ0n) is 34.0.